The number of para-hydroxylation sites is 7. The van der Waals surface area contributed by atoms with Crippen molar-refractivity contribution in [3.05, 3.63) is 416 Å². The van der Waals surface area contributed by atoms with Crippen LogP contribution in [0.15, 0.2) is 405 Å². The molecule has 13 nitrogen and oxygen atoms in total. The Bertz CT molecular complexity index is 7720. The molecule has 1 aliphatic rings. The highest BCUT2D eigenvalue weighted by atomic mass is 79.9. The standard InChI is InChI=1S/C52H33N7.C32H21N3.C21H14BrN3/c1-4-15-34(16-5-1)49-54-50(35-17-6-2-7-18-35)56-51(55-49)38-19-14-22-40(31-38)57-44-25-12-10-23-41(44)42-29-27-36(32-47(42)57)37-28-30-46-48(33-37)59-45-26-13-11-24-43(45)53-52(59)58(46)39-20-8-3-9-21-39;1-2-9-25(10-3-1)34-30-17-15-22(20-31(30)35-29-13-7-6-12-28(29)33-32(34)35)21-14-16-27-24(18-21)19-23-8-4-5-11-26(23)27;22-18-13-7-12-17(14-18)21-24-19(15-8-3-1-4-9-15)23-20(25-21)16-10-5-2-6-11-16/h1-33H;1-18,20H,19H2;1-14H. The molecule has 14 heteroatoms. The lowest BCUT2D eigenvalue weighted by Gasteiger charge is -2.12. The fourth-order valence-corrected chi connectivity index (χ4v) is 17.3. The summed E-state index contributed by atoms with van der Waals surface area (Å²) in [6.45, 7) is 0. The third kappa shape index (κ3) is 12.8. The highest BCUT2D eigenvalue weighted by Gasteiger charge is 2.25. The van der Waals surface area contributed by atoms with Crippen LogP contribution in [0.25, 0.3) is 196 Å². The van der Waals surface area contributed by atoms with Crippen LogP contribution in [-0.4, -0.2) is 62.4 Å². The zero-order valence-corrected chi connectivity index (χ0v) is 65.6. The van der Waals surface area contributed by atoms with Crippen molar-refractivity contribution < 1.29 is 0 Å². The zero-order chi connectivity index (χ0) is 78.9. The molecule has 0 atom stereocenters. The molecule has 24 rings (SSSR count). The predicted molar refractivity (Wildman–Crippen MR) is 486 cm³/mol. The summed E-state index contributed by atoms with van der Waals surface area (Å²) in [5, 5.41) is 2.38. The Morgan fingerprint density at radius 2 is 0.563 bits per heavy atom. The molecule has 0 fully saturated rings. The Morgan fingerprint density at radius 3 is 1.07 bits per heavy atom. The first-order chi connectivity index (χ1) is 58.9. The van der Waals surface area contributed by atoms with Gasteiger partial charge in [0.15, 0.2) is 34.9 Å². The number of aromatic nitrogens is 13. The summed E-state index contributed by atoms with van der Waals surface area (Å²) in [5.41, 5.74) is 30.2. The van der Waals surface area contributed by atoms with Crippen molar-refractivity contribution in [3.8, 4) is 119 Å². The van der Waals surface area contributed by atoms with Gasteiger partial charge in [0, 0.05) is 65.7 Å². The highest BCUT2D eigenvalue weighted by molar-refractivity contribution is 9.10. The molecule has 7 aromatic heterocycles. The van der Waals surface area contributed by atoms with Gasteiger partial charge in [0.25, 0.3) is 0 Å². The van der Waals surface area contributed by atoms with E-state index in [2.05, 4.69) is 292 Å². The van der Waals surface area contributed by atoms with Gasteiger partial charge in [-0.05, 0) is 160 Å². The predicted octanol–water partition coefficient (Wildman–Crippen LogP) is 25.7. The van der Waals surface area contributed by atoms with E-state index in [9.17, 15) is 0 Å². The summed E-state index contributed by atoms with van der Waals surface area (Å²) in [6, 6.07) is 139. The van der Waals surface area contributed by atoms with E-state index in [4.69, 9.17) is 34.9 Å². The van der Waals surface area contributed by atoms with E-state index in [-0.39, 0.29) is 0 Å². The van der Waals surface area contributed by atoms with E-state index >= 15 is 0 Å². The average molecular weight is 1590 g/mol. The lowest BCUT2D eigenvalue weighted by atomic mass is 9.99. The van der Waals surface area contributed by atoms with Crippen LogP contribution in [0.5, 0.6) is 0 Å². The molecule has 0 saturated carbocycles. The van der Waals surface area contributed by atoms with Crippen LogP contribution < -0.4 is 0 Å². The van der Waals surface area contributed by atoms with E-state index in [1.54, 1.807) is 0 Å². The molecule has 0 bridgehead atoms. The molecule has 119 heavy (non-hydrogen) atoms. The monoisotopic (exact) mass is 1590 g/mol. The Hall–Kier alpha value is -15.6. The van der Waals surface area contributed by atoms with Gasteiger partial charge in [-0.3, -0.25) is 17.9 Å². The third-order valence-corrected chi connectivity index (χ3v) is 22.9. The first-order valence-electron chi connectivity index (χ1n) is 39.7. The van der Waals surface area contributed by atoms with Gasteiger partial charge in [0.05, 0.1) is 55.2 Å². The lowest BCUT2D eigenvalue weighted by Crippen LogP contribution is -2.01. The topological polar surface area (TPSA) is 127 Å². The van der Waals surface area contributed by atoms with E-state index in [1.165, 1.54) is 49.7 Å². The minimum atomic E-state index is 0.620. The van der Waals surface area contributed by atoms with Crippen LogP contribution in [0.1, 0.15) is 11.1 Å². The van der Waals surface area contributed by atoms with E-state index in [0.29, 0.717) is 34.9 Å². The number of imidazole rings is 4. The normalized spacial score (nSPS) is 11.7. The quantitative estimate of drug-likeness (QED) is 0.125. The maximum atomic E-state index is 5.12. The molecule has 16 aromatic carbocycles. The summed E-state index contributed by atoms with van der Waals surface area (Å²) in [6.07, 6.45) is 1.00. The van der Waals surface area contributed by atoms with Crippen molar-refractivity contribution in [3.63, 3.8) is 0 Å². The lowest BCUT2D eigenvalue weighted by molar-refractivity contribution is 1.07. The van der Waals surface area contributed by atoms with Crippen molar-refractivity contribution in [1.29, 1.82) is 0 Å². The molecule has 7 heterocycles. The number of hydrogen-bond acceptors (Lipinski definition) is 8. The average Bonchev–Trinajstić information content (AvgIpc) is 1.56. The Labute approximate surface area is 692 Å². The number of nitrogens with zero attached hydrogens (tertiary/aromatic N) is 13. The molecule has 0 unspecified atom stereocenters. The second-order valence-corrected chi connectivity index (χ2v) is 30.6. The van der Waals surface area contributed by atoms with Gasteiger partial charge in [-0.1, -0.05) is 307 Å². The number of hydrogen-bond donors (Lipinski definition) is 0. The van der Waals surface area contributed by atoms with E-state index in [1.807, 2.05) is 152 Å². The fraction of sp³-hybridized carbons (Fsp3) is 0.00952. The summed E-state index contributed by atoms with van der Waals surface area (Å²) >= 11 is 3.52. The minimum absolute atomic E-state index is 0.620. The largest absolute Gasteiger partial charge is 0.309 e. The molecule has 1 aliphatic carbocycles. The van der Waals surface area contributed by atoms with Crippen molar-refractivity contribution in [2.75, 3.05) is 0 Å². The van der Waals surface area contributed by atoms with Crippen molar-refractivity contribution in [1.82, 2.24) is 62.4 Å². The van der Waals surface area contributed by atoms with Crippen LogP contribution in [0.4, 0.5) is 0 Å². The molecule has 0 N–H and O–H groups in total. The molecule has 0 spiro atoms. The molecule has 0 saturated heterocycles. The van der Waals surface area contributed by atoms with Gasteiger partial charge >= 0.3 is 0 Å². The maximum absolute atomic E-state index is 5.12. The summed E-state index contributed by atoms with van der Waals surface area (Å²) in [4.78, 5) is 39.2. The third-order valence-electron chi connectivity index (χ3n) is 22.4. The van der Waals surface area contributed by atoms with Crippen LogP contribution in [0, 0.1) is 0 Å². The maximum Gasteiger partial charge on any atom is 0.220 e. The summed E-state index contributed by atoms with van der Waals surface area (Å²) in [5.74, 6) is 5.73. The first kappa shape index (κ1) is 70.0. The number of halogens is 1. The SMILES string of the molecule is Brc1cccc(-c2nc(-c3ccccc3)nc(-c3ccccc3)n2)c1.c1ccc(-c2nc(-c3ccccc3)nc(-c3cccc(-n4c5ccccc5c5ccc(-c6ccc7c(c6)n6c8ccccc8nc6n7-c6ccccc6)cc54)c3)n2)cc1.c1ccc(-n2c3ccc(-c4ccc5c(c4)Cc4ccccc4-5)cc3n3c4ccccc4nc23)cc1. The summed E-state index contributed by atoms with van der Waals surface area (Å²) in [7, 11) is 0. The molecule has 0 aliphatic heterocycles. The molecule has 0 radical (unpaired) electrons. The van der Waals surface area contributed by atoms with Gasteiger partial charge in [0.2, 0.25) is 11.6 Å². The second-order valence-electron chi connectivity index (χ2n) is 29.6. The first-order valence-corrected chi connectivity index (χ1v) is 40.5. The zero-order valence-electron chi connectivity index (χ0n) is 64.0. The van der Waals surface area contributed by atoms with Gasteiger partial charge in [-0.15, -0.1) is 0 Å². The van der Waals surface area contributed by atoms with Gasteiger partial charge in [-0.2, -0.15) is 0 Å². The molecule has 560 valence electrons. The molecular weight excluding hydrogens is 1520 g/mol. The van der Waals surface area contributed by atoms with Crippen molar-refractivity contribution >= 4 is 93.4 Å². The highest BCUT2D eigenvalue weighted by Crippen LogP contribution is 2.43. The second kappa shape index (κ2) is 29.6. The van der Waals surface area contributed by atoms with Crippen molar-refractivity contribution in [2.24, 2.45) is 0 Å². The minimum Gasteiger partial charge on any atom is -0.309 e. The van der Waals surface area contributed by atoms with Gasteiger partial charge in [0.1, 0.15) is 0 Å². The van der Waals surface area contributed by atoms with Crippen LogP contribution in [0.3, 0.4) is 0 Å². The van der Waals surface area contributed by atoms with Crippen molar-refractivity contribution in [2.45, 2.75) is 6.42 Å². The summed E-state index contributed by atoms with van der Waals surface area (Å²) < 4.78 is 12.5. The van der Waals surface area contributed by atoms with Crippen LogP contribution in [-0.2, 0) is 6.42 Å². The Kier molecular flexibility index (Phi) is 17.4. The number of benzene rings is 16. The van der Waals surface area contributed by atoms with Crippen LogP contribution >= 0.6 is 15.9 Å². The Balaban J connectivity index is 0.000000120. The fourth-order valence-electron chi connectivity index (χ4n) is 16.9. The van der Waals surface area contributed by atoms with Gasteiger partial charge < -0.3 is 4.57 Å². The van der Waals surface area contributed by atoms with Crippen LogP contribution in [0.2, 0.25) is 0 Å². The molecule has 0 amide bonds. The van der Waals surface area contributed by atoms with E-state index < -0.39 is 0 Å². The van der Waals surface area contributed by atoms with Gasteiger partial charge in [-0.25, -0.2) is 39.9 Å². The van der Waals surface area contributed by atoms with E-state index in [0.717, 1.165) is 134 Å². The number of fused-ring (bicyclic) bond motifs is 16. The number of rotatable bonds is 11. The molecular formula is C105H68BrN13. The Morgan fingerprint density at radius 1 is 0.202 bits per heavy atom. The smallest absolute Gasteiger partial charge is 0.220 e. The molecule has 23 aromatic rings.